The van der Waals surface area contributed by atoms with E-state index in [1.54, 1.807) is 32.6 Å². The van der Waals surface area contributed by atoms with E-state index in [0.29, 0.717) is 16.7 Å². The SMILES string of the molecule is COCC(COC)n1c(NS(=O)(=O)[C@@H](C)[C@H](C)c2ncc(Cl)cn2)nnc1[C@@H]1CC[C@H](C)O1. The van der Waals surface area contributed by atoms with Crippen molar-refractivity contribution >= 4 is 27.6 Å². The Morgan fingerprint density at radius 1 is 1.18 bits per heavy atom. The zero-order valence-electron chi connectivity index (χ0n) is 19.4. The monoisotopic (exact) mass is 502 g/mol. The first kappa shape index (κ1) is 25.8. The fourth-order valence-electron chi connectivity index (χ4n) is 3.78. The van der Waals surface area contributed by atoms with Crippen molar-refractivity contribution < 1.29 is 22.6 Å². The molecule has 0 amide bonds. The van der Waals surface area contributed by atoms with Crippen LogP contribution in [-0.4, -0.2) is 71.9 Å². The summed E-state index contributed by atoms with van der Waals surface area (Å²) in [6.45, 7) is 5.89. The van der Waals surface area contributed by atoms with Gasteiger partial charge >= 0.3 is 0 Å². The summed E-state index contributed by atoms with van der Waals surface area (Å²) >= 11 is 5.85. The summed E-state index contributed by atoms with van der Waals surface area (Å²) in [5.74, 6) is 0.508. The van der Waals surface area contributed by atoms with E-state index in [9.17, 15) is 8.42 Å². The Hall–Kier alpha value is -1.86. The fourth-order valence-corrected chi connectivity index (χ4v) is 5.12. The molecule has 3 rings (SSSR count). The van der Waals surface area contributed by atoms with Crippen molar-refractivity contribution in [1.29, 1.82) is 0 Å². The van der Waals surface area contributed by atoms with Gasteiger partial charge in [0, 0.05) is 32.5 Å². The largest absolute Gasteiger partial charge is 0.382 e. The first-order chi connectivity index (χ1) is 15.7. The van der Waals surface area contributed by atoms with Gasteiger partial charge in [-0.25, -0.2) is 18.4 Å². The van der Waals surface area contributed by atoms with Crippen LogP contribution in [0.1, 0.15) is 63.3 Å². The maximum absolute atomic E-state index is 13.3. The lowest BCUT2D eigenvalue weighted by atomic mass is 10.1. The molecule has 0 spiro atoms. The third-order valence-electron chi connectivity index (χ3n) is 5.80. The quantitative estimate of drug-likeness (QED) is 0.492. The summed E-state index contributed by atoms with van der Waals surface area (Å²) in [4.78, 5) is 8.32. The van der Waals surface area contributed by atoms with Gasteiger partial charge in [0.05, 0.1) is 35.6 Å². The second-order valence-corrected chi connectivity index (χ2v) is 10.7. The van der Waals surface area contributed by atoms with Crippen LogP contribution in [-0.2, 0) is 24.2 Å². The van der Waals surface area contributed by atoms with Crippen LogP contribution < -0.4 is 4.72 Å². The van der Waals surface area contributed by atoms with Crippen molar-refractivity contribution in [3.8, 4) is 0 Å². The number of sulfonamides is 1. The average molecular weight is 503 g/mol. The van der Waals surface area contributed by atoms with Crippen molar-refractivity contribution in [1.82, 2.24) is 24.7 Å². The fraction of sp³-hybridized carbons (Fsp3) is 0.700. The Balaban J connectivity index is 1.92. The van der Waals surface area contributed by atoms with E-state index in [0.717, 1.165) is 12.8 Å². The molecule has 0 aromatic carbocycles. The highest BCUT2D eigenvalue weighted by Crippen LogP contribution is 2.34. The molecule has 33 heavy (non-hydrogen) atoms. The number of ether oxygens (including phenoxy) is 3. The molecule has 1 aliphatic heterocycles. The molecule has 0 unspecified atom stereocenters. The van der Waals surface area contributed by atoms with Gasteiger partial charge in [0.25, 0.3) is 0 Å². The number of anilines is 1. The Morgan fingerprint density at radius 3 is 2.36 bits per heavy atom. The van der Waals surface area contributed by atoms with Gasteiger partial charge in [-0.3, -0.25) is 9.29 Å². The van der Waals surface area contributed by atoms with Crippen LogP contribution in [0.3, 0.4) is 0 Å². The number of aromatic nitrogens is 5. The van der Waals surface area contributed by atoms with Crippen molar-refractivity contribution in [2.45, 2.75) is 63.0 Å². The Labute approximate surface area is 199 Å². The van der Waals surface area contributed by atoms with Crippen LogP contribution in [0.5, 0.6) is 0 Å². The van der Waals surface area contributed by atoms with E-state index >= 15 is 0 Å². The van der Waals surface area contributed by atoms with E-state index in [-0.39, 0.29) is 37.4 Å². The molecule has 4 atom stereocenters. The Kier molecular flexibility index (Phi) is 8.62. The number of hydrogen-bond donors (Lipinski definition) is 1. The lowest BCUT2D eigenvalue weighted by molar-refractivity contribution is 0.0406. The van der Waals surface area contributed by atoms with Crippen LogP contribution in [0.15, 0.2) is 12.4 Å². The molecule has 3 heterocycles. The molecule has 2 aromatic rings. The molecule has 1 fully saturated rings. The van der Waals surface area contributed by atoms with Crippen LogP contribution in [0.2, 0.25) is 5.02 Å². The maximum Gasteiger partial charge on any atom is 0.238 e. The number of nitrogens with zero attached hydrogens (tertiary/aromatic N) is 5. The number of rotatable bonds is 11. The van der Waals surface area contributed by atoms with Gasteiger partial charge in [0.2, 0.25) is 16.0 Å². The summed E-state index contributed by atoms with van der Waals surface area (Å²) in [6, 6.07) is -0.352. The van der Waals surface area contributed by atoms with Gasteiger partial charge in [-0.15, -0.1) is 10.2 Å². The van der Waals surface area contributed by atoms with E-state index in [1.807, 2.05) is 6.92 Å². The van der Waals surface area contributed by atoms with E-state index in [4.69, 9.17) is 25.8 Å². The number of halogens is 1. The zero-order valence-corrected chi connectivity index (χ0v) is 21.0. The highest BCUT2D eigenvalue weighted by molar-refractivity contribution is 7.93. The second kappa shape index (κ2) is 11.0. The third kappa shape index (κ3) is 5.99. The van der Waals surface area contributed by atoms with Crippen molar-refractivity contribution in [3.05, 3.63) is 29.1 Å². The maximum atomic E-state index is 13.3. The van der Waals surface area contributed by atoms with Gasteiger partial charge in [-0.1, -0.05) is 18.5 Å². The molecule has 184 valence electrons. The van der Waals surface area contributed by atoms with Gasteiger partial charge in [-0.2, -0.15) is 0 Å². The molecule has 1 aliphatic rings. The minimum Gasteiger partial charge on any atom is -0.382 e. The zero-order chi connectivity index (χ0) is 24.2. The minimum atomic E-state index is -3.89. The molecule has 0 radical (unpaired) electrons. The van der Waals surface area contributed by atoms with Gasteiger partial charge in [0.1, 0.15) is 11.9 Å². The first-order valence-corrected chi connectivity index (χ1v) is 12.7. The predicted molar refractivity (Wildman–Crippen MR) is 123 cm³/mol. The molecular formula is C20H31ClN6O5S. The van der Waals surface area contributed by atoms with Crippen LogP contribution >= 0.6 is 11.6 Å². The number of hydrogen-bond acceptors (Lipinski definition) is 9. The minimum absolute atomic E-state index is 0.0864. The molecular weight excluding hydrogens is 472 g/mol. The molecule has 0 saturated carbocycles. The van der Waals surface area contributed by atoms with Crippen LogP contribution in [0.25, 0.3) is 0 Å². The average Bonchev–Trinajstić information content (AvgIpc) is 3.38. The van der Waals surface area contributed by atoms with Crippen LogP contribution in [0, 0.1) is 0 Å². The van der Waals surface area contributed by atoms with Crippen LogP contribution in [0.4, 0.5) is 5.95 Å². The Bertz CT molecular complexity index is 1010. The summed E-state index contributed by atoms with van der Waals surface area (Å²) < 4.78 is 47.6. The molecule has 13 heteroatoms. The smallest absolute Gasteiger partial charge is 0.238 e. The number of methoxy groups -OCH3 is 2. The van der Waals surface area contributed by atoms with Gasteiger partial charge in [0.15, 0.2) is 5.82 Å². The van der Waals surface area contributed by atoms with Gasteiger partial charge in [-0.05, 0) is 26.7 Å². The molecule has 1 N–H and O–H groups in total. The standard InChI is InChI=1S/C20H31ClN6O5S/c1-12-6-7-17(32-12)19-24-25-20(27(19)16(10-30-4)11-31-5)26-33(28,29)14(3)13(2)18-22-8-15(21)9-23-18/h8-9,12-14,16-17H,6-7,10-11H2,1-5H3,(H,25,26)/t12-,13-,14-,17-/m0/s1. The second-order valence-electron chi connectivity index (χ2n) is 8.23. The summed E-state index contributed by atoms with van der Waals surface area (Å²) in [5, 5.41) is 7.97. The first-order valence-electron chi connectivity index (χ1n) is 10.7. The summed E-state index contributed by atoms with van der Waals surface area (Å²) in [7, 11) is -0.746. The van der Waals surface area contributed by atoms with Crippen molar-refractivity contribution in [2.24, 2.45) is 0 Å². The lowest BCUT2D eigenvalue weighted by Gasteiger charge is -2.24. The normalized spacial score (nSPS) is 20.8. The highest BCUT2D eigenvalue weighted by Gasteiger charge is 2.35. The van der Waals surface area contributed by atoms with Crippen molar-refractivity contribution in [3.63, 3.8) is 0 Å². The molecule has 0 bridgehead atoms. The third-order valence-corrected chi connectivity index (χ3v) is 7.85. The van der Waals surface area contributed by atoms with E-state index < -0.39 is 21.2 Å². The summed E-state index contributed by atoms with van der Waals surface area (Å²) in [6.07, 6.45) is 4.33. The molecule has 1 saturated heterocycles. The van der Waals surface area contributed by atoms with E-state index in [1.165, 1.54) is 12.4 Å². The lowest BCUT2D eigenvalue weighted by Crippen LogP contribution is -2.33. The summed E-state index contributed by atoms with van der Waals surface area (Å²) in [5.41, 5.74) is 0. The predicted octanol–water partition coefficient (Wildman–Crippen LogP) is 2.73. The van der Waals surface area contributed by atoms with Crippen molar-refractivity contribution in [2.75, 3.05) is 32.2 Å². The Morgan fingerprint density at radius 2 is 1.82 bits per heavy atom. The highest BCUT2D eigenvalue weighted by atomic mass is 35.5. The van der Waals surface area contributed by atoms with E-state index in [2.05, 4.69) is 24.9 Å². The van der Waals surface area contributed by atoms with Gasteiger partial charge < -0.3 is 14.2 Å². The number of nitrogens with one attached hydrogen (secondary N) is 1. The molecule has 11 nitrogen and oxygen atoms in total. The topological polar surface area (TPSA) is 130 Å². The molecule has 0 aliphatic carbocycles. The molecule has 2 aromatic heterocycles.